The predicted molar refractivity (Wildman–Crippen MR) is 116 cm³/mol. The molecular weight excluding hydrogens is 408 g/mol. The monoisotopic (exact) mass is 436 g/mol. The van der Waals surface area contributed by atoms with Gasteiger partial charge in [-0.15, -0.1) is 0 Å². The highest BCUT2D eigenvalue weighted by atomic mass is 35.5. The van der Waals surface area contributed by atoms with Crippen LogP contribution >= 0.6 is 11.6 Å². The highest BCUT2D eigenvalue weighted by Gasteiger charge is 2.18. The Morgan fingerprint density at radius 1 is 1.30 bits per heavy atom. The third kappa shape index (κ3) is 5.97. The van der Waals surface area contributed by atoms with Crippen molar-refractivity contribution in [3.63, 3.8) is 0 Å². The minimum atomic E-state index is -0.728. The van der Waals surface area contributed by atoms with E-state index in [1.54, 1.807) is 19.1 Å². The Hall–Kier alpha value is -2.09. The number of carbonyl (C=O) groups excluding carboxylic acids is 1. The zero-order chi connectivity index (χ0) is 21.5. The molecule has 1 N–H and O–H groups in total. The Morgan fingerprint density at radius 3 is 2.80 bits per heavy atom. The molecule has 1 unspecified atom stereocenters. The van der Waals surface area contributed by atoms with Gasteiger partial charge in [0.1, 0.15) is 11.3 Å². The van der Waals surface area contributed by atoms with Crippen molar-refractivity contribution >= 4 is 28.5 Å². The first-order chi connectivity index (χ1) is 14.5. The summed E-state index contributed by atoms with van der Waals surface area (Å²) in [7, 11) is 0. The normalized spacial score (nSPS) is 15.8. The van der Waals surface area contributed by atoms with E-state index in [-0.39, 0.29) is 5.91 Å². The van der Waals surface area contributed by atoms with Crippen molar-refractivity contribution in [2.45, 2.75) is 39.2 Å². The molecule has 2 aromatic rings. The van der Waals surface area contributed by atoms with Crippen molar-refractivity contribution < 1.29 is 18.7 Å². The van der Waals surface area contributed by atoms with E-state index >= 15 is 0 Å². The molecule has 0 spiro atoms. The molecule has 2 heterocycles. The van der Waals surface area contributed by atoms with Gasteiger partial charge in [-0.3, -0.25) is 9.69 Å². The minimum Gasteiger partial charge on any atom is -0.479 e. The molecular formula is C22H29ClN2O5. The average molecular weight is 437 g/mol. The van der Waals surface area contributed by atoms with Crippen LogP contribution in [0.3, 0.4) is 0 Å². The lowest BCUT2D eigenvalue weighted by atomic mass is 10.1. The SMILES string of the molecule is CCCc1cc(=O)oc2cc(OC(C)C(=O)NCCCN3CCOCC3)c(Cl)cc12. The van der Waals surface area contributed by atoms with E-state index in [1.807, 2.05) is 6.92 Å². The maximum Gasteiger partial charge on any atom is 0.336 e. The van der Waals surface area contributed by atoms with Gasteiger partial charge in [0.25, 0.3) is 5.91 Å². The number of aryl methyl sites for hydroxylation is 1. The summed E-state index contributed by atoms with van der Waals surface area (Å²) < 4.78 is 16.4. The molecule has 0 saturated carbocycles. The van der Waals surface area contributed by atoms with Crippen LogP contribution in [0.5, 0.6) is 5.75 Å². The summed E-state index contributed by atoms with van der Waals surface area (Å²) in [5, 5.41) is 4.06. The van der Waals surface area contributed by atoms with Crippen molar-refractivity contribution in [1.82, 2.24) is 10.2 Å². The molecule has 30 heavy (non-hydrogen) atoms. The minimum absolute atomic E-state index is 0.214. The van der Waals surface area contributed by atoms with E-state index in [4.69, 9.17) is 25.5 Å². The van der Waals surface area contributed by atoms with Crippen molar-refractivity contribution in [2.24, 2.45) is 0 Å². The van der Waals surface area contributed by atoms with Gasteiger partial charge in [-0.1, -0.05) is 24.9 Å². The van der Waals surface area contributed by atoms with Gasteiger partial charge in [0.15, 0.2) is 6.10 Å². The largest absolute Gasteiger partial charge is 0.479 e. The van der Waals surface area contributed by atoms with E-state index in [2.05, 4.69) is 10.2 Å². The lowest BCUT2D eigenvalue weighted by Crippen LogP contribution is -2.40. The standard InChI is InChI=1S/C22H29ClN2O5/c1-3-5-16-12-21(26)30-19-14-20(18(23)13-17(16)19)29-15(2)22(27)24-6-4-7-25-8-10-28-11-9-25/h12-15H,3-11H2,1-2H3,(H,24,27). The van der Waals surface area contributed by atoms with Crippen LogP contribution in [0.15, 0.2) is 27.4 Å². The van der Waals surface area contributed by atoms with Gasteiger partial charge in [-0.05, 0) is 37.9 Å². The summed E-state index contributed by atoms with van der Waals surface area (Å²) in [5.41, 5.74) is 0.886. The number of amides is 1. The Morgan fingerprint density at radius 2 is 2.07 bits per heavy atom. The molecule has 1 amide bonds. The second-order valence-electron chi connectivity index (χ2n) is 7.48. The van der Waals surface area contributed by atoms with Crippen LogP contribution < -0.4 is 15.7 Å². The van der Waals surface area contributed by atoms with Crippen LogP contribution in [0, 0.1) is 0 Å². The summed E-state index contributed by atoms with van der Waals surface area (Å²) >= 11 is 6.38. The molecule has 1 aliphatic heterocycles. The first-order valence-corrected chi connectivity index (χ1v) is 10.9. The van der Waals surface area contributed by atoms with E-state index in [9.17, 15) is 9.59 Å². The van der Waals surface area contributed by atoms with Crippen LogP contribution in [0.1, 0.15) is 32.3 Å². The van der Waals surface area contributed by atoms with Crippen LogP contribution in [0.4, 0.5) is 0 Å². The van der Waals surface area contributed by atoms with Gasteiger partial charge >= 0.3 is 5.63 Å². The Bertz CT molecular complexity index is 924. The van der Waals surface area contributed by atoms with Gasteiger partial charge < -0.3 is 19.2 Å². The number of hydrogen-bond donors (Lipinski definition) is 1. The molecule has 164 valence electrons. The Kier molecular flexibility index (Phi) is 8.13. The number of rotatable bonds is 9. The number of fused-ring (bicyclic) bond motifs is 1. The molecule has 1 fully saturated rings. The lowest BCUT2D eigenvalue weighted by molar-refractivity contribution is -0.127. The fourth-order valence-electron chi connectivity index (χ4n) is 3.52. The Labute approximate surface area is 181 Å². The number of hydrogen-bond acceptors (Lipinski definition) is 6. The van der Waals surface area contributed by atoms with E-state index in [1.165, 1.54) is 6.07 Å². The Balaban J connectivity index is 1.58. The topological polar surface area (TPSA) is 81.0 Å². The number of ether oxygens (including phenoxy) is 2. The molecule has 0 radical (unpaired) electrons. The van der Waals surface area contributed by atoms with Crippen molar-refractivity contribution in [3.05, 3.63) is 39.2 Å². The van der Waals surface area contributed by atoms with Crippen LogP contribution in [0.2, 0.25) is 5.02 Å². The third-order valence-electron chi connectivity index (χ3n) is 5.13. The van der Waals surface area contributed by atoms with E-state index in [0.717, 1.165) is 63.1 Å². The zero-order valence-corrected chi connectivity index (χ0v) is 18.3. The maximum atomic E-state index is 12.4. The van der Waals surface area contributed by atoms with Crippen LogP contribution in [0.25, 0.3) is 11.0 Å². The lowest BCUT2D eigenvalue weighted by Gasteiger charge is -2.26. The predicted octanol–water partition coefficient (Wildman–Crippen LogP) is 3.00. The number of morpholine rings is 1. The highest BCUT2D eigenvalue weighted by molar-refractivity contribution is 6.32. The molecule has 3 rings (SSSR count). The molecule has 1 aliphatic rings. The number of nitrogens with zero attached hydrogens (tertiary/aromatic N) is 1. The number of nitrogens with one attached hydrogen (secondary N) is 1. The summed E-state index contributed by atoms with van der Waals surface area (Å²) in [6, 6.07) is 4.81. The van der Waals surface area contributed by atoms with Gasteiger partial charge in [0.05, 0.1) is 18.2 Å². The quantitative estimate of drug-likeness (QED) is 0.480. The number of benzene rings is 1. The molecule has 1 aromatic carbocycles. The molecule has 1 aromatic heterocycles. The molecule has 0 aliphatic carbocycles. The second kappa shape index (κ2) is 10.8. The van der Waals surface area contributed by atoms with Gasteiger partial charge in [0, 0.05) is 37.2 Å². The van der Waals surface area contributed by atoms with E-state index in [0.29, 0.717) is 22.9 Å². The molecule has 0 bridgehead atoms. The summed E-state index contributed by atoms with van der Waals surface area (Å²) in [4.78, 5) is 26.6. The third-order valence-corrected chi connectivity index (χ3v) is 5.42. The fraction of sp³-hybridized carbons (Fsp3) is 0.545. The van der Waals surface area contributed by atoms with Gasteiger partial charge in [0.2, 0.25) is 0 Å². The average Bonchev–Trinajstić information content (AvgIpc) is 2.73. The molecule has 8 heteroatoms. The zero-order valence-electron chi connectivity index (χ0n) is 17.5. The van der Waals surface area contributed by atoms with Gasteiger partial charge in [-0.2, -0.15) is 0 Å². The maximum absolute atomic E-state index is 12.4. The summed E-state index contributed by atoms with van der Waals surface area (Å²) in [6.07, 6.45) is 1.79. The summed E-state index contributed by atoms with van der Waals surface area (Å²) in [6.45, 7) is 8.61. The van der Waals surface area contributed by atoms with Crippen molar-refractivity contribution in [3.8, 4) is 5.75 Å². The van der Waals surface area contributed by atoms with Gasteiger partial charge in [-0.25, -0.2) is 4.79 Å². The highest BCUT2D eigenvalue weighted by Crippen LogP contribution is 2.32. The van der Waals surface area contributed by atoms with Crippen molar-refractivity contribution in [2.75, 3.05) is 39.4 Å². The smallest absolute Gasteiger partial charge is 0.336 e. The van der Waals surface area contributed by atoms with Crippen LogP contribution in [-0.4, -0.2) is 56.3 Å². The molecule has 1 atom stereocenters. The second-order valence-corrected chi connectivity index (χ2v) is 7.89. The molecule has 7 nitrogen and oxygen atoms in total. The summed E-state index contributed by atoms with van der Waals surface area (Å²) in [5.74, 6) is 0.103. The number of carbonyl (C=O) groups is 1. The first-order valence-electron chi connectivity index (χ1n) is 10.5. The van der Waals surface area contributed by atoms with E-state index < -0.39 is 11.7 Å². The first kappa shape index (κ1) is 22.6. The fourth-order valence-corrected chi connectivity index (χ4v) is 3.73. The molecule has 1 saturated heterocycles. The number of halogens is 1. The van der Waals surface area contributed by atoms with Crippen molar-refractivity contribution in [1.29, 1.82) is 0 Å². The van der Waals surface area contributed by atoms with Crippen LogP contribution in [-0.2, 0) is 16.0 Å².